The topological polar surface area (TPSA) is 69.7 Å². The molecule has 5 nitrogen and oxygen atoms in total. The van der Waals surface area contributed by atoms with Crippen molar-refractivity contribution in [2.24, 2.45) is 0 Å². The van der Waals surface area contributed by atoms with Gasteiger partial charge in [0, 0.05) is 11.1 Å². The zero-order valence-electron chi connectivity index (χ0n) is 14.7. The van der Waals surface area contributed by atoms with Crippen LogP contribution in [0.5, 0.6) is 11.5 Å². The average Bonchev–Trinajstić information content (AvgIpc) is 2.64. The summed E-state index contributed by atoms with van der Waals surface area (Å²) in [6.45, 7) is 2.54. The van der Waals surface area contributed by atoms with E-state index in [4.69, 9.17) is 9.47 Å². The maximum Gasteiger partial charge on any atom is 0.191 e. The fourth-order valence-corrected chi connectivity index (χ4v) is 4.42. The van der Waals surface area contributed by atoms with Gasteiger partial charge in [-0.25, -0.2) is 8.42 Å². The van der Waals surface area contributed by atoms with Crippen LogP contribution in [0.3, 0.4) is 0 Å². The molecule has 0 amide bonds. The lowest BCUT2D eigenvalue weighted by molar-refractivity contribution is 0.103. The highest BCUT2D eigenvalue weighted by molar-refractivity contribution is 7.91. The van der Waals surface area contributed by atoms with Gasteiger partial charge in [0.1, 0.15) is 0 Å². The third kappa shape index (κ3) is 3.51. The number of rotatable bonds is 5. The van der Waals surface area contributed by atoms with Gasteiger partial charge in [0.25, 0.3) is 0 Å². The second-order valence-electron chi connectivity index (χ2n) is 6.01. The molecule has 2 aromatic rings. The van der Waals surface area contributed by atoms with E-state index in [0.717, 1.165) is 6.42 Å². The molecule has 0 aliphatic carbocycles. The van der Waals surface area contributed by atoms with Gasteiger partial charge >= 0.3 is 0 Å². The predicted molar refractivity (Wildman–Crippen MR) is 99.6 cm³/mol. The molecule has 0 aromatic heterocycles. The van der Waals surface area contributed by atoms with Gasteiger partial charge in [-0.05, 0) is 42.3 Å². The first-order valence-corrected chi connectivity index (χ1v) is 9.99. The monoisotopic (exact) mass is 372 g/mol. The maximum absolute atomic E-state index is 12.7. The smallest absolute Gasteiger partial charge is 0.191 e. The molecule has 1 aliphatic heterocycles. The molecule has 0 atom stereocenters. The number of carbonyl (C=O) groups excluding carboxylic acids is 1. The number of Topliss-reactive ketones (excluding diaryl/α,β-unsaturated/α-hetero) is 1. The summed E-state index contributed by atoms with van der Waals surface area (Å²) in [5.74, 6) is 0.589. The Hall–Kier alpha value is -2.60. The van der Waals surface area contributed by atoms with Crippen molar-refractivity contribution in [2.75, 3.05) is 19.5 Å². The second kappa shape index (κ2) is 7.33. The van der Waals surface area contributed by atoms with Crippen molar-refractivity contribution in [1.82, 2.24) is 0 Å². The van der Waals surface area contributed by atoms with Crippen molar-refractivity contribution in [3.63, 3.8) is 0 Å². The van der Waals surface area contributed by atoms with E-state index in [2.05, 4.69) is 0 Å². The van der Waals surface area contributed by atoms with Crippen LogP contribution in [0.2, 0.25) is 0 Å². The number of benzene rings is 2. The Morgan fingerprint density at radius 1 is 1.12 bits per heavy atom. The molecule has 0 unspecified atom stereocenters. The summed E-state index contributed by atoms with van der Waals surface area (Å²) in [5.41, 5.74) is 1.16. The normalized spacial score (nSPS) is 17.0. The number of carbonyl (C=O) groups is 1. The van der Waals surface area contributed by atoms with E-state index in [1.165, 1.54) is 6.07 Å². The fourth-order valence-electron chi connectivity index (χ4n) is 2.86. The van der Waals surface area contributed by atoms with Gasteiger partial charge in [0.05, 0.1) is 24.4 Å². The number of fused-ring (bicyclic) bond motifs is 1. The first-order chi connectivity index (χ1) is 12.5. The summed E-state index contributed by atoms with van der Waals surface area (Å²) in [6, 6.07) is 11.6. The van der Waals surface area contributed by atoms with E-state index >= 15 is 0 Å². The van der Waals surface area contributed by atoms with E-state index in [-0.39, 0.29) is 27.6 Å². The molecule has 1 heterocycles. The van der Waals surface area contributed by atoms with Crippen molar-refractivity contribution < 1.29 is 22.7 Å². The maximum atomic E-state index is 12.7. The highest BCUT2D eigenvalue weighted by Crippen LogP contribution is 2.32. The lowest BCUT2D eigenvalue weighted by Crippen LogP contribution is -2.24. The molecule has 0 bridgehead atoms. The molecular weight excluding hydrogens is 352 g/mol. The number of sulfone groups is 1. The highest BCUT2D eigenvalue weighted by Gasteiger charge is 2.32. The van der Waals surface area contributed by atoms with Crippen LogP contribution in [-0.2, 0) is 9.84 Å². The fraction of sp³-hybridized carbons (Fsp3) is 0.250. The van der Waals surface area contributed by atoms with Crippen LogP contribution in [-0.4, -0.2) is 33.7 Å². The molecule has 0 fully saturated rings. The van der Waals surface area contributed by atoms with Gasteiger partial charge in [0.2, 0.25) is 0 Å². The Morgan fingerprint density at radius 3 is 2.62 bits per heavy atom. The quantitative estimate of drug-likeness (QED) is 0.751. The molecule has 1 aliphatic rings. The lowest BCUT2D eigenvalue weighted by atomic mass is 10.0. The predicted octanol–water partition coefficient (Wildman–Crippen LogP) is 3.54. The molecule has 0 saturated heterocycles. The summed E-state index contributed by atoms with van der Waals surface area (Å²) in [6.07, 6.45) is 2.45. The number of hydrogen-bond acceptors (Lipinski definition) is 5. The average molecular weight is 372 g/mol. The van der Waals surface area contributed by atoms with E-state index in [1.54, 1.807) is 49.6 Å². The third-order valence-corrected chi connectivity index (χ3v) is 5.81. The van der Waals surface area contributed by atoms with Crippen LogP contribution < -0.4 is 9.47 Å². The van der Waals surface area contributed by atoms with E-state index in [1.807, 2.05) is 6.92 Å². The lowest BCUT2D eigenvalue weighted by Gasteiger charge is -2.18. The van der Waals surface area contributed by atoms with Crippen molar-refractivity contribution in [3.05, 3.63) is 59.2 Å². The number of ketones is 1. The van der Waals surface area contributed by atoms with Gasteiger partial charge < -0.3 is 9.47 Å². The van der Waals surface area contributed by atoms with Crippen molar-refractivity contribution in [1.29, 1.82) is 0 Å². The summed E-state index contributed by atoms with van der Waals surface area (Å²) in [4.78, 5) is 12.8. The SMILES string of the molecule is CCCOc1cc(/C=C2/CS(=O)(=O)c3ccccc3C2=O)ccc1OC. The van der Waals surface area contributed by atoms with Crippen LogP contribution in [0.25, 0.3) is 6.08 Å². The van der Waals surface area contributed by atoms with Crippen LogP contribution in [0, 0.1) is 0 Å². The van der Waals surface area contributed by atoms with E-state index < -0.39 is 9.84 Å². The van der Waals surface area contributed by atoms with Crippen molar-refractivity contribution >= 4 is 21.7 Å². The van der Waals surface area contributed by atoms with Crippen molar-refractivity contribution in [2.45, 2.75) is 18.2 Å². The molecule has 0 radical (unpaired) electrons. The first kappa shape index (κ1) is 18.2. The molecular formula is C20H20O5S. The van der Waals surface area contributed by atoms with Gasteiger partial charge in [-0.2, -0.15) is 0 Å². The molecule has 0 saturated carbocycles. The number of hydrogen-bond donors (Lipinski definition) is 0. The molecule has 0 N–H and O–H groups in total. The van der Waals surface area contributed by atoms with E-state index in [9.17, 15) is 13.2 Å². The minimum atomic E-state index is -3.53. The summed E-state index contributed by atoms with van der Waals surface area (Å²) in [7, 11) is -1.97. The Kier molecular flexibility index (Phi) is 5.13. The zero-order valence-corrected chi connectivity index (χ0v) is 15.5. The van der Waals surface area contributed by atoms with Crippen LogP contribution in [0.4, 0.5) is 0 Å². The molecule has 6 heteroatoms. The summed E-state index contributed by atoms with van der Waals surface area (Å²) in [5, 5.41) is 0. The molecule has 3 rings (SSSR count). The van der Waals surface area contributed by atoms with Gasteiger partial charge in [0.15, 0.2) is 27.1 Å². The zero-order chi connectivity index (χ0) is 18.7. The third-order valence-electron chi connectivity index (χ3n) is 4.09. The van der Waals surface area contributed by atoms with Crippen molar-refractivity contribution in [3.8, 4) is 11.5 Å². The number of methoxy groups -OCH3 is 1. The van der Waals surface area contributed by atoms with Gasteiger partial charge in [-0.15, -0.1) is 0 Å². The second-order valence-corrected chi connectivity index (χ2v) is 7.97. The Labute approximate surface area is 153 Å². The Morgan fingerprint density at radius 2 is 1.88 bits per heavy atom. The molecule has 26 heavy (non-hydrogen) atoms. The molecule has 0 spiro atoms. The minimum Gasteiger partial charge on any atom is -0.493 e. The van der Waals surface area contributed by atoms with Crippen LogP contribution in [0.15, 0.2) is 52.9 Å². The van der Waals surface area contributed by atoms with Gasteiger partial charge in [-0.3, -0.25) is 4.79 Å². The Bertz CT molecular complexity index is 973. The minimum absolute atomic E-state index is 0.101. The number of ether oxygens (including phenoxy) is 2. The van der Waals surface area contributed by atoms with E-state index in [0.29, 0.717) is 23.7 Å². The molecule has 2 aromatic carbocycles. The molecule has 136 valence electrons. The van der Waals surface area contributed by atoms with Crippen LogP contribution >= 0.6 is 0 Å². The summed E-state index contributed by atoms with van der Waals surface area (Å²) < 4.78 is 35.9. The van der Waals surface area contributed by atoms with Crippen LogP contribution in [0.1, 0.15) is 29.3 Å². The summed E-state index contributed by atoms with van der Waals surface area (Å²) >= 11 is 0. The Balaban J connectivity index is 2.02. The first-order valence-electron chi connectivity index (χ1n) is 8.34. The van der Waals surface area contributed by atoms with Gasteiger partial charge in [-0.1, -0.05) is 25.1 Å². The largest absolute Gasteiger partial charge is 0.493 e. The highest BCUT2D eigenvalue weighted by atomic mass is 32.2. The standard InChI is InChI=1S/C20H20O5S/c1-3-10-25-18-12-14(8-9-17(18)24-2)11-15-13-26(22,23)19-7-5-4-6-16(19)20(15)21/h4-9,11-12H,3,10,13H2,1-2H3/b15-11-.